The van der Waals surface area contributed by atoms with Crippen LogP contribution in [-0.4, -0.2) is 55.2 Å². The Labute approximate surface area is 173 Å². The molecule has 5 nitrogen and oxygen atoms in total. The van der Waals surface area contributed by atoms with E-state index in [1.165, 1.54) is 9.78 Å². The van der Waals surface area contributed by atoms with Crippen LogP contribution in [0, 0.1) is 12.8 Å². The molecule has 0 saturated carbocycles. The molecule has 0 atom stereocenters. The van der Waals surface area contributed by atoms with E-state index in [4.69, 9.17) is 0 Å². The average molecular weight is 505 g/mol. The first kappa shape index (κ1) is 23.4. The van der Waals surface area contributed by atoms with Crippen LogP contribution in [0.1, 0.15) is 29.1 Å². The highest BCUT2D eigenvalue weighted by Crippen LogP contribution is 2.23. The summed E-state index contributed by atoms with van der Waals surface area (Å²) in [7, 11) is 1.72. The van der Waals surface area contributed by atoms with Crippen LogP contribution in [-0.2, 0) is 6.54 Å². The highest BCUT2D eigenvalue weighted by molar-refractivity contribution is 14.0. The van der Waals surface area contributed by atoms with Crippen LogP contribution in [0.3, 0.4) is 0 Å². The van der Waals surface area contributed by atoms with Crippen LogP contribution in [0.25, 0.3) is 0 Å². The van der Waals surface area contributed by atoms with Gasteiger partial charge in [-0.2, -0.15) is 13.2 Å². The smallest absolute Gasteiger partial charge is 0.356 e. The van der Waals surface area contributed by atoms with Crippen molar-refractivity contribution in [1.29, 1.82) is 0 Å². The summed E-state index contributed by atoms with van der Waals surface area (Å²) >= 11 is 1.65. The highest BCUT2D eigenvalue weighted by atomic mass is 127. The summed E-state index contributed by atoms with van der Waals surface area (Å²) in [6.07, 6.45) is 0.340. The number of nitrogens with zero attached hydrogens (tertiary/aromatic N) is 3. The van der Waals surface area contributed by atoms with Gasteiger partial charge in [-0.1, -0.05) is 0 Å². The number of piperidine rings is 1. The lowest BCUT2D eigenvalue weighted by molar-refractivity contribution is -0.148. The van der Waals surface area contributed by atoms with Crippen molar-refractivity contribution < 1.29 is 13.2 Å². The van der Waals surface area contributed by atoms with Crippen LogP contribution in [0.15, 0.2) is 11.2 Å². The third kappa shape index (κ3) is 8.85. The lowest BCUT2D eigenvalue weighted by Crippen LogP contribution is -2.41. The van der Waals surface area contributed by atoms with Gasteiger partial charge in [-0.05, 0) is 45.2 Å². The summed E-state index contributed by atoms with van der Waals surface area (Å²) in [5.41, 5.74) is 0. The molecule has 150 valence electrons. The number of hydrogen-bond donors (Lipinski definition) is 2. The Morgan fingerprint density at radius 1 is 1.35 bits per heavy atom. The highest BCUT2D eigenvalue weighted by Gasteiger charge is 2.32. The van der Waals surface area contributed by atoms with E-state index in [0.29, 0.717) is 25.6 Å². The summed E-state index contributed by atoms with van der Waals surface area (Å²) in [5, 5.41) is 7.50. The molecule has 0 spiro atoms. The molecule has 10 heteroatoms. The molecule has 1 aromatic heterocycles. The number of alkyl halides is 3. The lowest BCUT2D eigenvalue weighted by atomic mass is 9.93. The number of halogens is 4. The first-order chi connectivity index (χ1) is 11.9. The number of guanidine groups is 1. The van der Waals surface area contributed by atoms with E-state index in [-0.39, 0.29) is 24.0 Å². The number of rotatable bonds is 6. The summed E-state index contributed by atoms with van der Waals surface area (Å²) in [5.74, 6) is 1.19. The van der Waals surface area contributed by atoms with Gasteiger partial charge in [-0.15, -0.1) is 35.3 Å². The first-order valence-electron chi connectivity index (χ1n) is 8.50. The maximum atomic E-state index is 12.4. The molecule has 0 bridgehead atoms. The standard InChI is InChI=1S/C16H26F3N5S.HI/c1-12-9-22-14(25-12)10-23-15(20-2)21-6-3-13-4-7-24(8-5-13)11-16(17,18)19;/h9,13H,3-8,10-11H2,1-2H3,(H2,20,21,23);1H. The summed E-state index contributed by atoms with van der Waals surface area (Å²) in [6.45, 7) is 3.69. The predicted molar refractivity (Wildman–Crippen MR) is 110 cm³/mol. The second-order valence-electron chi connectivity index (χ2n) is 6.34. The van der Waals surface area contributed by atoms with Crippen molar-refractivity contribution in [3.05, 3.63) is 16.1 Å². The van der Waals surface area contributed by atoms with Crippen molar-refractivity contribution in [2.45, 2.75) is 38.9 Å². The van der Waals surface area contributed by atoms with Crippen molar-refractivity contribution in [3.63, 3.8) is 0 Å². The quantitative estimate of drug-likeness (QED) is 0.354. The molecule has 0 aromatic carbocycles. The minimum absolute atomic E-state index is 0. The number of likely N-dealkylation sites (tertiary alicyclic amines) is 1. The van der Waals surface area contributed by atoms with E-state index in [2.05, 4.69) is 20.6 Å². The molecule has 1 saturated heterocycles. The molecule has 2 heterocycles. The summed E-state index contributed by atoms with van der Waals surface area (Å²) < 4.78 is 37.2. The maximum Gasteiger partial charge on any atom is 0.401 e. The van der Waals surface area contributed by atoms with Gasteiger partial charge in [-0.25, -0.2) is 4.98 Å². The Balaban J connectivity index is 0.00000338. The predicted octanol–water partition coefficient (Wildman–Crippen LogP) is 3.40. The zero-order chi connectivity index (χ0) is 18.3. The monoisotopic (exact) mass is 505 g/mol. The van der Waals surface area contributed by atoms with Gasteiger partial charge in [0.05, 0.1) is 13.1 Å². The lowest BCUT2D eigenvalue weighted by Gasteiger charge is -2.32. The number of nitrogens with one attached hydrogen (secondary N) is 2. The zero-order valence-corrected chi connectivity index (χ0v) is 18.3. The molecule has 1 aromatic rings. The van der Waals surface area contributed by atoms with Crippen LogP contribution >= 0.6 is 35.3 Å². The zero-order valence-electron chi connectivity index (χ0n) is 15.1. The summed E-state index contributed by atoms with van der Waals surface area (Å²) in [4.78, 5) is 11.2. The molecule has 0 aliphatic carbocycles. The van der Waals surface area contributed by atoms with Gasteiger partial charge in [-0.3, -0.25) is 9.89 Å². The van der Waals surface area contributed by atoms with Crippen molar-refractivity contribution in [3.8, 4) is 0 Å². The molecule has 0 radical (unpaired) electrons. The van der Waals surface area contributed by atoms with E-state index in [9.17, 15) is 13.2 Å². The fourth-order valence-electron chi connectivity index (χ4n) is 2.94. The number of thiazole rings is 1. The molecular formula is C16H27F3IN5S. The van der Waals surface area contributed by atoms with Gasteiger partial charge in [0, 0.05) is 24.7 Å². The van der Waals surface area contributed by atoms with Crippen molar-refractivity contribution >= 4 is 41.3 Å². The molecule has 1 aliphatic heterocycles. The Hall–Kier alpha value is -0.620. The molecular weight excluding hydrogens is 478 g/mol. The number of hydrogen-bond acceptors (Lipinski definition) is 4. The minimum Gasteiger partial charge on any atom is -0.356 e. The average Bonchev–Trinajstić information content (AvgIpc) is 2.96. The van der Waals surface area contributed by atoms with Crippen LogP contribution in [0.2, 0.25) is 0 Å². The third-order valence-electron chi connectivity index (χ3n) is 4.25. The van der Waals surface area contributed by atoms with Crippen LogP contribution in [0.4, 0.5) is 13.2 Å². The third-order valence-corrected chi connectivity index (χ3v) is 5.17. The molecule has 2 N–H and O–H groups in total. The van der Waals surface area contributed by atoms with Gasteiger partial charge in [0.15, 0.2) is 5.96 Å². The molecule has 2 rings (SSSR count). The van der Waals surface area contributed by atoms with Crippen molar-refractivity contribution in [1.82, 2.24) is 20.5 Å². The second-order valence-corrected chi connectivity index (χ2v) is 7.66. The Bertz CT molecular complexity index is 556. The SMILES string of the molecule is CN=C(NCCC1CCN(CC(F)(F)F)CC1)NCc1ncc(C)s1.I. The molecule has 0 amide bonds. The van der Waals surface area contributed by atoms with Crippen molar-refractivity contribution in [2.24, 2.45) is 10.9 Å². The van der Waals surface area contributed by atoms with Gasteiger partial charge < -0.3 is 10.6 Å². The Morgan fingerprint density at radius 2 is 2.04 bits per heavy atom. The van der Waals surface area contributed by atoms with Crippen LogP contribution < -0.4 is 10.6 Å². The van der Waals surface area contributed by atoms with Crippen molar-refractivity contribution in [2.75, 3.05) is 33.2 Å². The normalized spacial score (nSPS) is 17.0. The second kappa shape index (κ2) is 11.3. The largest absolute Gasteiger partial charge is 0.401 e. The minimum atomic E-state index is -4.09. The first-order valence-corrected chi connectivity index (χ1v) is 9.32. The van der Waals surface area contributed by atoms with Gasteiger partial charge in [0.1, 0.15) is 5.01 Å². The van der Waals surface area contributed by atoms with E-state index in [1.54, 1.807) is 18.4 Å². The molecule has 1 fully saturated rings. The fourth-order valence-corrected chi connectivity index (χ4v) is 3.67. The fraction of sp³-hybridized carbons (Fsp3) is 0.750. The Kier molecular flexibility index (Phi) is 10.2. The van der Waals surface area contributed by atoms with E-state index in [0.717, 1.165) is 36.8 Å². The van der Waals surface area contributed by atoms with Gasteiger partial charge in [0.2, 0.25) is 0 Å². The number of aliphatic imine (C=N–C) groups is 1. The molecule has 26 heavy (non-hydrogen) atoms. The topological polar surface area (TPSA) is 52.6 Å². The van der Waals surface area contributed by atoms with E-state index >= 15 is 0 Å². The Morgan fingerprint density at radius 3 is 2.58 bits per heavy atom. The number of aryl methyl sites for hydroxylation is 1. The van der Waals surface area contributed by atoms with E-state index < -0.39 is 12.7 Å². The van der Waals surface area contributed by atoms with E-state index in [1.807, 2.05) is 13.1 Å². The number of aromatic nitrogens is 1. The molecule has 0 unspecified atom stereocenters. The van der Waals surface area contributed by atoms with Gasteiger partial charge >= 0.3 is 6.18 Å². The van der Waals surface area contributed by atoms with Gasteiger partial charge in [0.25, 0.3) is 0 Å². The summed E-state index contributed by atoms with van der Waals surface area (Å²) in [6, 6.07) is 0. The van der Waals surface area contributed by atoms with Crippen LogP contribution in [0.5, 0.6) is 0 Å². The molecule has 1 aliphatic rings. The maximum absolute atomic E-state index is 12.4.